The SMILES string of the molecule is CNC(=O)C(NC(CCc1ccc(C(F)(F)F)nc1)c1cccc(Cl)c1)c1ccc(F)cc1. The normalized spacial score (nSPS) is 13.4. The largest absolute Gasteiger partial charge is 0.433 e. The van der Waals surface area contributed by atoms with Crippen LogP contribution in [0.1, 0.15) is 40.9 Å². The molecular formula is C24H22ClF4N3O. The molecule has 2 aromatic carbocycles. The fourth-order valence-corrected chi connectivity index (χ4v) is 3.64. The van der Waals surface area contributed by atoms with Gasteiger partial charge in [-0.2, -0.15) is 13.2 Å². The van der Waals surface area contributed by atoms with Crippen molar-refractivity contribution in [2.45, 2.75) is 31.1 Å². The maximum absolute atomic E-state index is 13.4. The molecule has 174 valence electrons. The number of nitrogens with one attached hydrogen (secondary N) is 2. The molecule has 2 unspecified atom stereocenters. The average molecular weight is 480 g/mol. The first-order chi connectivity index (χ1) is 15.7. The Hall–Kier alpha value is -2.97. The maximum atomic E-state index is 13.4. The number of nitrogens with zero attached hydrogens (tertiary/aromatic N) is 1. The molecule has 3 rings (SSSR count). The van der Waals surface area contributed by atoms with Crippen LogP contribution >= 0.6 is 11.6 Å². The van der Waals surface area contributed by atoms with Crippen LogP contribution in [0.3, 0.4) is 0 Å². The standard InChI is InChI=1S/C24H22ClF4N3O/c1-30-23(33)22(16-7-9-19(26)10-8-16)32-20(17-3-2-4-18(25)13-17)11-5-15-6-12-21(31-14-15)24(27,28)29/h2-4,6-10,12-14,20,22,32H,5,11H2,1H3,(H,30,33). The number of likely N-dealkylation sites (N-methyl/N-ethyl adjacent to an activating group) is 1. The summed E-state index contributed by atoms with van der Waals surface area (Å²) in [7, 11) is 1.50. The number of carbonyl (C=O) groups is 1. The summed E-state index contributed by atoms with van der Waals surface area (Å²) in [5.41, 5.74) is 1.04. The van der Waals surface area contributed by atoms with Gasteiger partial charge in [-0.3, -0.25) is 15.1 Å². The van der Waals surface area contributed by atoms with Crippen molar-refractivity contribution in [2.75, 3.05) is 7.05 Å². The summed E-state index contributed by atoms with van der Waals surface area (Å²) in [5.74, 6) is -0.736. The summed E-state index contributed by atoms with van der Waals surface area (Å²) in [5, 5.41) is 6.41. The van der Waals surface area contributed by atoms with Crippen molar-refractivity contribution in [3.05, 3.63) is 100 Å². The molecule has 1 heterocycles. The second-order valence-electron chi connectivity index (χ2n) is 7.46. The van der Waals surface area contributed by atoms with E-state index < -0.39 is 23.7 Å². The Morgan fingerprint density at radius 2 is 1.79 bits per heavy atom. The topological polar surface area (TPSA) is 54.0 Å². The van der Waals surface area contributed by atoms with E-state index in [-0.39, 0.29) is 11.9 Å². The summed E-state index contributed by atoms with van der Waals surface area (Å²) in [6.07, 6.45) is -2.45. The predicted molar refractivity (Wildman–Crippen MR) is 118 cm³/mol. The van der Waals surface area contributed by atoms with Crippen molar-refractivity contribution in [3.8, 4) is 0 Å². The molecule has 2 atom stereocenters. The zero-order valence-electron chi connectivity index (χ0n) is 17.7. The van der Waals surface area contributed by atoms with Crippen LogP contribution in [-0.4, -0.2) is 17.9 Å². The van der Waals surface area contributed by atoms with E-state index in [1.54, 1.807) is 18.2 Å². The minimum atomic E-state index is -4.50. The molecule has 0 bridgehead atoms. The van der Waals surface area contributed by atoms with E-state index in [9.17, 15) is 22.4 Å². The third-order valence-corrected chi connectivity index (χ3v) is 5.40. The molecule has 0 aliphatic rings. The molecule has 0 spiro atoms. The molecule has 1 amide bonds. The lowest BCUT2D eigenvalue weighted by molar-refractivity contribution is -0.141. The van der Waals surface area contributed by atoms with Crippen molar-refractivity contribution >= 4 is 17.5 Å². The molecule has 0 fully saturated rings. The van der Waals surface area contributed by atoms with Crippen LogP contribution in [-0.2, 0) is 17.4 Å². The number of pyridine rings is 1. The fraction of sp³-hybridized carbons (Fsp3) is 0.250. The van der Waals surface area contributed by atoms with Crippen LogP contribution in [0.15, 0.2) is 66.9 Å². The van der Waals surface area contributed by atoms with Crippen molar-refractivity contribution in [1.82, 2.24) is 15.6 Å². The summed E-state index contributed by atoms with van der Waals surface area (Å²) < 4.78 is 51.8. The molecule has 33 heavy (non-hydrogen) atoms. The minimum Gasteiger partial charge on any atom is -0.358 e. The molecule has 9 heteroatoms. The van der Waals surface area contributed by atoms with Gasteiger partial charge < -0.3 is 5.32 Å². The number of rotatable bonds is 8. The molecule has 3 aromatic rings. The van der Waals surface area contributed by atoms with Crippen LogP contribution in [0.5, 0.6) is 0 Å². The number of alkyl halides is 3. The average Bonchev–Trinajstić information content (AvgIpc) is 2.79. The summed E-state index contributed by atoms with van der Waals surface area (Å²) in [6.45, 7) is 0. The van der Waals surface area contributed by atoms with E-state index >= 15 is 0 Å². The number of aromatic nitrogens is 1. The van der Waals surface area contributed by atoms with Crippen molar-refractivity contribution in [1.29, 1.82) is 0 Å². The van der Waals surface area contributed by atoms with Gasteiger partial charge in [-0.15, -0.1) is 0 Å². The first-order valence-corrected chi connectivity index (χ1v) is 10.6. The maximum Gasteiger partial charge on any atom is 0.433 e. The van der Waals surface area contributed by atoms with Gasteiger partial charge in [0.1, 0.15) is 17.6 Å². The molecule has 4 nitrogen and oxygen atoms in total. The number of benzene rings is 2. The fourth-order valence-electron chi connectivity index (χ4n) is 3.44. The highest BCUT2D eigenvalue weighted by Crippen LogP contribution is 2.29. The highest BCUT2D eigenvalue weighted by Gasteiger charge is 2.32. The Bertz CT molecular complexity index is 1070. The van der Waals surface area contributed by atoms with Crippen LogP contribution in [0.25, 0.3) is 0 Å². The van der Waals surface area contributed by atoms with Gasteiger partial charge in [0, 0.05) is 24.3 Å². The van der Waals surface area contributed by atoms with Crippen LogP contribution < -0.4 is 10.6 Å². The van der Waals surface area contributed by atoms with Gasteiger partial charge in [0.25, 0.3) is 0 Å². The van der Waals surface area contributed by atoms with Gasteiger partial charge >= 0.3 is 6.18 Å². The van der Waals surface area contributed by atoms with E-state index in [2.05, 4.69) is 15.6 Å². The Morgan fingerprint density at radius 3 is 2.36 bits per heavy atom. The van der Waals surface area contributed by atoms with E-state index in [1.165, 1.54) is 43.6 Å². The second-order valence-corrected chi connectivity index (χ2v) is 7.90. The number of aryl methyl sites for hydroxylation is 1. The van der Waals surface area contributed by atoms with Gasteiger partial charge in [-0.1, -0.05) is 41.9 Å². The molecule has 0 saturated heterocycles. The van der Waals surface area contributed by atoms with Gasteiger partial charge in [0.05, 0.1) is 0 Å². The number of hydrogen-bond donors (Lipinski definition) is 2. The van der Waals surface area contributed by atoms with Gasteiger partial charge in [0.2, 0.25) is 5.91 Å². The van der Waals surface area contributed by atoms with Gasteiger partial charge in [-0.25, -0.2) is 4.39 Å². The minimum absolute atomic E-state index is 0.315. The Balaban J connectivity index is 1.85. The van der Waals surface area contributed by atoms with E-state index in [4.69, 9.17) is 11.6 Å². The smallest absolute Gasteiger partial charge is 0.358 e. The lowest BCUT2D eigenvalue weighted by Gasteiger charge is -2.26. The molecule has 0 aliphatic carbocycles. The quantitative estimate of drug-likeness (QED) is 0.411. The number of hydrogen-bond acceptors (Lipinski definition) is 3. The Morgan fingerprint density at radius 1 is 1.06 bits per heavy atom. The summed E-state index contributed by atoms with van der Waals surface area (Å²) >= 11 is 6.16. The zero-order chi connectivity index (χ0) is 24.0. The molecule has 1 aromatic heterocycles. The lowest BCUT2D eigenvalue weighted by atomic mass is 9.96. The van der Waals surface area contributed by atoms with Crippen LogP contribution in [0, 0.1) is 5.82 Å². The highest BCUT2D eigenvalue weighted by molar-refractivity contribution is 6.30. The molecule has 0 aliphatic heterocycles. The molecular weight excluding hydrogens is 458 g/mol. The van der Waals surface area contributed by atoms with Crippen molar-refractivity contribution in [3.63, 3.8) is 0 Å². The second kappa shape index (κ2) is 10.8. The third kappa shape index (κ3) is 6.76. The van der Waals surface area contributed by atoms with E-state index in [1.807, 2.05) is 6.07 Å². The van der Waals surface area contributed by atoms with Gasteiger partial charge in [0.15, 0.2) is 0 Å². The Kier molecular flexibility index (Phi) is 8.05. The first-order valence-electron chi connectivity index (χ1n) is 10.2. The predicted octanol–water partition coefficient (Wildman–Crippen LogP) is 5.64. The first kappa shape index (κ1) is 24.7. The molecule has 0 saturated carbocycles. The van der Waals surface area contributed by atoms with Gasteiger partial charge in [-0.05, 0) is 59.9 Å². The van der Waals surface area contributed by atoms with Crippen LogP contribution in [0.4, 0.5) is 17.6 Å². The van der Waals surface area contributed by atoms with E-state index in [0.29, 0.717) is 29.0 Å². The highest BCUT2D eigenvalue weighted by atomic mass is 35.5. The lowest BCUT2D eigenvalue weighted by Crippen LogP contribution is -2.38. The summed E-state index contributed by atoms with van der Waals surface area (Å²) in [4.78, 5) is 16.1. The third-order valence-electron chi connectivity index (χ3n) is 5.17. The summed E-state index contributed by atoms with van der Waals surface area (Å²) in [6, 6.07) is 13.9. The monoisotopic (exact) mass is 479 g/mol. The Labute approximate surface area is 194 Å². The van der Waals surface area contributed by atoms with Crippen molar-refractivity contribution in [2.24, 2.45) is 0 Å². The number of halogens is 5. The molecule has 2 N–H and O–H groups in total. The zero-order valence-corrected chi connectivity index (χ0v) is 18.4. The van der Waals surface area contributed by atoms with E-state index in [0.717, 1.165) is 11.6 Å². The number of amides is 1. The number of carbonyl (C=O) groups excluding carboxylic acids is 1. The van der Waals surface area contributed by atoms with Crippen molar-refractivity contribution < 1.29 is 22.4 Å². The van der Waals surface area contributed by atoms with Crippen LogP contribution in [0.2, 0.25) is 5.02 Å². The molecule has 0 radical (unpaired) electrons.